The van der Waals surface area contributed by atoms with E-state index in [1.165, 1.54) is 6.33 Å². The molecule has 142 valence electrons. The van der Waals surface area contributed by atoms with Gasteiger partial charge in [-0.15, -0.1) is 0 Å². The molecule has 0 saturated heterocycles. The van der Waals surface area contributed by atoms with Crippen LogP contribution in [-0.2, 0) is 4.74 Å². The zero-order chi connectivity index (χ0) is 20.0. The Balaban J connectivity index is 2.04. The number of hydrogen-bond donors (Lipinski definition) is 3. The van der Waals surface area contributed by atoms with Gasteiger partial charge in [0.05, 0.1) is 17.3 Å². The monoisotopic (exact) mass is 389 g/mol. The first-order valence-corrected chi connectivity index (χ1v) is 8.32. The SMILES string of the molecule is CC(C)(C)OC(=O)NCC#Cc1ncnc(Oc2ccc(N)c(Cl)c2)c1N. The summed E-state index contributed by atoms with van der Waals surface area (Å²) in [5.41, 5.74) is 12.0. The summed E-state index contributed by atoms with van der Waals surface area (Å²) < 4.78 is 10.7. The van der Waals surface area contributed by atoms with Gasteiger partial charge < -0.3 is 26.3 Å². The van der Waals surface area contributed by atoms with Crippen LogP contribution in [0.5, 0.6) is 11.6 Å². The van der Waals surface area contributed by atoms with Gasteiger partial charge in [0.2, 0.25) is 5.88 Å². The summed E-state index contributed by atoms with van der Waals surface area (Å²) in [5.74, 6) is 6.05. The fourth-order valence-electron chi connectivity index (χ4n) is 1.80. The fraction of sp³-hybridized carbons (Fsp3) is 0.278. The lowest BCUT2D eigenvalue weighted by atomic mass is 10.2. The average Bonchev–Trinajstić information content (AvgIpc) is 2.56. The summed E-state index contributed by atoms with van der Waals surface area (Å²) in [6.07, 6.45) is 0.715. The molecule has 27 heavy (non-hydrogen) atoms. The number of nitrogens with two attached hydrogens (primary N) is 2. The number of anilines is 2. The van der Waals surface area contributed by atoms with E-state index in [2.05, 4.69) is 27.1 Å². The van der Waals surface area contributed by atoms with E-state index >= 15 is 0 Å². The van der Waals surface area contributed by atoms with Gasteiger partial charge in [0, 0.05) is 6.07 Å². The van der Waals surface area contributed by atoms with E-state index in [0.29, 0.717) is 16.5 Å². The average molecular weight is 390 g/mol. The molecular formula is C18H20ClN5O3. The van der Waals surface area contributed by atoms with Gasteiger partial charge in [0.15, 0.2) is 0 Å². The Morgan fingerprint density at radius 1 is 1.30 bits per heavy atom. The third kappa shape index (κ3) is 6.24. The van der Waals surface area contributed by atoms with Gasteiger partial charge in [-0.25, -0.2) is 9.78 Å². The molecule has 5 N–H and O–H groups in total. The van der Waals surface area contributed by atoms with Crippen molar-refractivity contribution in [2.45, 2.75) is 26.4 Å². The molecule has 0 spiro atoms. The number of hydrogen-bond acceptors (Lipinski definition) is 7. The van der Waals surface area contributed by atoms with Gasteiger partial charge in [0.25, 0.3) is 0 Å². The predicted molar refractivity (Wildman–Crippen MR) is 103 cm³/mol. The molecule has 1 heterocycles. The molecule has 2 rings (SSSR count). The van der Waals surface area contributed by atoms with Gasteiger partial charge in [-0.05, 0) is 38.8 Å². The lowest BCUT2D eigenvalue weighted by Crippen LogP contribution is -2.32. The van der Waals surface area contributed by atoms with Crippen LogP contribution in [-0.4, -0.2) is 28.2 Å². The van der Waals surface area contributed by atoms with Crippen molar-refractivity contribution in [2.24, 2.45) is 0 Å². The molecule has 1 aromatic carbocycles. The number of carbonyl (C=O) groups excluding carboxylic acids is 1. The van der Waals surface area contributed by atoms with Crippen LogP contribution in [0.15, 0.2) is 24.5 Å². The first-order chi connectivity index (χ1) is 12.7. The quantitative estimate of drug-likeness (QED) is 0.544. The first kappa shape index (κ1) is 20.1. The smallest absolute Gasteiger partial charge is 0.408 e. The maximum atomic E-state index is 11.6. The van der Waals surface area contributed by atoms with Crippen LogP contribution in [0.25, 0.3) is 0 Å². The van der Waals surface area contributed by atoms with Crippen molar-refractivity contribution in [1.82, 2.24) is 15.3 Å². The molecule has 0 fully saturated rings. The van der Waals surface area contributed by atoms with E-state index < -0.39 is 11.7 Å². The minimum atomic E-state index is -0.578. The Morgan fingerprint density at radius 2 is 2.04 bits per heavy atom. The van der Waals surface area contributed by atoms with Crippen molar-refractivity contribution in [3.05, 3.63) is 35.2 Å². The Kier molecular flexibility index (Phi) is 6.32. The summed E-state index contributed by atoms with van der Waals surface area (Å²) in [6, 6.07) is 4.80. The number of benzene rings is 1. The predicted octanol–water partition coefficient (Wildman–Crippen LogP) is 2.96. The summed E-state index contributed by atoms with van der Waals surface area (Å²) in [4.78, 5) is 19.6. The highest BCUT2D eigenvalue weighted by atomic mass is 35.5. The number of nitrogen functional groups attached to an aromatic ring is 2. The van der Waals surface area contributed by atoms with Crippen molar-refractivity contribution in [3.63, 3.8) is 0 Å². The number of nitrogens with one attached hydrogen (secondary N) is 1. The minimum absolute atomic E-state index is 0.0715. The van der Waals surface area contributed by atoms with Crippen LogP contribution in [0.4, 0.5) is 16.2 Å². The summed E-state index contributed by atoms with van der Waals surface area (Å²) in [7, 11) is 0. The minimum Gasteiger partial charge on any atom is -0.444 e. The molecule has 1 amide bonds. The first-order valence-electron chi connectivity index (χ1n) is 7.95. The van der Waals surface area contributed by atoms with Crippen LogP contribution in [0.3, 0.4) is 0 Å². The Labute approximate surface area is 162 Å². The second-order valence-electron chi connectivity index (χ2n) is 6.38. The molecule has 0 saturated carbocycles. The van der Waals surface area contributed by atoms with Gasteiger partial charge in [0.1, 0.15) is 29.1 Å². The third-order valence-corrected chi connectivity index (χ3v) is 3.29. The van der Waals surface area contributed by atoms with Gasteiger partial charge in [-0.1, -0.05) is 17.5 Å². The molecule has 1 aromatic heterocycles. The van der Waals surface area contributed by atoms with Crippen molar-refractivity contribution >= 4 is 29.1 Å². The molecule has 0 unspecified atom stereocenters. The Hall–Kier alpha value is -3.18. The van der Waals surface area contributed by atoms with Crippen LogP contribution in [0.1, 0.15) is 26.5 Å². The maximum absolute atomic E-state index is 11.6. The number of rotatable bonds is 3. The third-order valence-electron chi connectivity index (χ3n) is 2.96. The van der Waals surface area contributed by atoms with E-state index in [-0.39, 0.29) is 23.8 Å². The molecule has 0 atom stereocenters. The number of ether oxygens (including phenoxy) is 2. The summed E-state index contributed by atoms with van der Waals surface area (Å²) in [5, 5.41) is 2.87. The Bertz CT molecular complexity index is 900. The second kappa shape index (κ2) is 8.47. The van der Waals surface area contributed by atoms with E-state index in [0.717, 1.165) is 0 Å². The molecule has 0 radical (unpaired) electrons. The molecule has 0 aliphatic carbocycles. The van der Waals surface area contributed by atoms with Crippen molar-refractivity contribution in [2.75, 3.05) is 18.0 Å². The molecule has 0 aliphatic rings. The number of nitrogens with zero attached hydrogens (tertiary/aromatic N) is 2. The van der Waals surface area contributed by atoms with Crippen molar-refractivity contribution < 1.29 is 14.3 Å². The van der Waals surface area contributed by atoms with Gasteiger partial charge in [-0.3, -0.25) is 0 Å². The summed E-state index contributed by atoms with van der Waals surface area (Å²) in [6.45, 7) is 5.39. The van der Waals surface area contributed by atoms with Crippen LogP contribution in [0.2, 0.25) is 5.02 Å². The molecule has 2 aromatic rings. The second-order valence-corrected chi connectivity index (χ2v) is 6.79. The maximum Gasteiger partial charge on any atom is 0.408 e. The molecular weight excluding hydrogens is 370 g/mol. The van der Waals surface area contributed by atoms with Crippen LogP contribution < -0.4 is 21.5 Å². The number of amides is 1. The Morgan fingerprint density at radius 3 is 2.70 bits per heavy atom. The van der Waals surface area contributed by atoms with Crippen LogP contribution >= 0.6 is 11.6 Å². The van der Waals surface area contributed by atoms with E-state index in [9.17, 15) is 4.79 Å². The summed E-state index contributed by atoms with van der Waals surface area (Å²) >= 11 is 5.97. The molecule has 9 heteroatoms. The van der Waals surface area contributed by atoms with Crippen LogP contribution in [0, 0.1) is 11.8 Å². The van der Waals surface area contributed by atoms with Crippen molar-refractivity contribution in [3.8, 4) is 23.5 Å². The van der Waals surface area contributed by atoms with E-state index in [4.69, 9.17) is 32.5 Å². The van der Waals surface area contributed by atoms with Gasteiger partial charge >= 0.3 is 6.09 Å². The molecule has 0 aliphatic heterocycles. The normalized spacial score (nSPS) is 10.5. The molecule has 8 nitrogen and oxygen atoms in total. The lowest BCUT2D eigenvalue weighted by molar-refractivity contribution is 0.0535. The van der Waals surface area contributed by atoms with E-state index in [1.54, 1.807) is 39.0 Å². The number of carbonyl (C=O) groups is 1. The highest BCUT2D eigenvalue weighted by Gasteiger charge is 2.15. The number of aromatic nitrogens is 2. The zero-order valence-corrected chi connectivity index (χ0v) is 15.9. The largest absolute Gasteiger partial charge is 0.444 e. The van der Waals surface area contributed by atoms with Gasteiger partial charge in [-0.2, -0.15) is 4.98 Å². The van der Waals surface area contributed by atoms with Crippen molar-refractivity contribution in [1.29, 1.82) is 0 Å². The lowest BCUT2D eigenvalue weighted by Gasteiger charge is -2.19. The highest BCUT2D eigenvalue weighted by Crippen LogP contribution is 2.30. The van der Waals surface area contributed by atoms with E-state index in [1.807, 2.05) is 0 Å². The molecule has 0 bridgehead atoms. The topological polar surface area (TPSA) is 125 Å². The number of alkyl carbamates (subject to hydrolysis) is 1. The highest BCUT2D eigenvalue weighted by molar-refractivity contribution is 6.33. The fourth-order valence-corrected chi connectivity index (χ4v) is 1.97. The standard InChI is InChI=1S/C18H20ClN5O3/c1-18(2,3)27-17(25)22-8-4-5-14-15(21)16(24-10-23-14)26-11-6-7-13(20)12(19)9-11/h6-7,9-10H,8,20-21H2,1-3H3,(H,22,25). The zero-order valence-electron chi connectivity index (χ0n) is 15.2. The number of halogens is 1.